The van der Waals surface area contributed by atoms with Crippen molar-refractivity contribution in [1.29, 1.82) is 0 Å². The average molecular weight is 422 g/mol. The van der Waals surface area contributed by atoms with E-state index in [0.29, 0.717) is 38.9 Å². The number of methoxy groups -OCH3 is 3. The third kappa shape index (κ3) is 3.98. The summed E-state index contributed by atoms with van der Waals surface area (Å²) in [5.74, 6) is 2.76. The average Bonchev–Trinajstić information content (AvgIpc) is 2.79. The first-order chi connectivity index (χ1) is 14.6. The van der Waals surface area contributed by atoms with E-state index in [0.717, 1.165) is 16.7 Å². The minimum atomic E-state index is 0.605. The molecule has 4 aromatic rings. The van der Waals surface area contributed by atoms with Crippen LogP contribution in [-0.4, -0.2) is 21.3 Å². The molecule has 0 atom stereocenters. The summed E-state index contributed by atoms with van der Waals surface area (Å²) in [6, 6.07) is 20.5. The number of hydrogen-bond acceptors (Lipinski definition) is 5. The Morgan fingerprint density at radius 3 is 2.20 bits per heavy atom. The standard InChI is InChI=1S/C24H20ClNO4/c1-27-17-7-4-15(5-8-17)23-14-21(19-12-16(25)6-11-22(19)30-23)26-20-10-9-18(28-2)13-24(20)29-3/h4-14H,1-3H3. The number of benzene rings is 3. The van der Waals surface area contributed by atoms with Crippen molar-refractivity contribution in [3.05, 3.63) is 77.1 Å². The number of hydrogen-bond donors (Lipinski definition) is 0. The molecule has 0 saturated carbocycles. The summed E-state index contributed by atoms with van der Waals surface area (Å²) >= 11 is 6.24. The van der Waals surface area contributed by atoms with Gasteiger partial charge in [-0.1, -0.05) is 11.6 Å². The largest absolute Gasteiger partial charge is 0.497 e. The normalized spacial score (nSPS) is 11.5. The minimum Gasteiger partial charge on any atom is -0.497 e. The summed E-state index contributed by atoms with van der Waals surface area (Å²) in [7, 11) is 4.85. The van der Waals surface area contributed by atoms with Gasteiger partial charge in [-0.25, -0.2) is 4.99 Å². The topological polar surface area (TPSA) is 53.2 Å². The van der Waals surface area contributed by atoms with Gasteiger partial charge in [-0.15, -0.1) is 0 Å². The number of rotatable bonds is 5. The van der Waals surface area contributed by atoms with Crippen LogP contribution in [0.2, 0.25) is 5.02 Å². The van der Waals surface area contributed by atoms with Gasteiger partial charge >= 0.3 is 0 Å². The second-order valence-electron chi connectivity index (χ2n) is 6.51. The molecule has 6 heteroatoms. The summed E-state index contributed by atoms with van der Waals surface area (Å²) in [6.07, 6.45) is 0. The second kappa shape index (κ2) is 8.51. The van der Waals surface area contributed by atoms with Crippen LogP contribution in [0.5, 0.6) is 17.2 Å². The van der Waals surface area contributed by atoms with E-state index in [2.05, 4.69) is 0 Å². The molecule has 30 heavy (non-hydrogen) atoms. The molecule has 4 rings (SSSR count). The Morgan fingerprint density at radius 2 is 1.50 bits per heavy atom. The molecule has 0 fully saturated rings. The Labute approximate surface area is 179 Å². The maximum Gasteiger partial charge on any atom is 0.148 e. The molecular formula is C24H20ClNO4. The highest BCUT2D eigenvalue weighted by Gasteiger charge is 2.09. The molecule has 0 radical (unpaired) electrons. The van der Waals surface area contributed by atoms with Gasteiger partial charge in [0.05, 0.1) is 26.7 Å². The van der Waals surface area contributed by atoms with Crippen molar-refractivity contribution in [2.24, 2.45) is 4.99 Å². The van der Waals surface area contributed by atoms with Gasteiger partial charge in [-0.2, -0.15) is 0 Å². The van der Waals surface area contributed by atoms with Gasteiger partial charge in [0.2, 0.25) is 0 Å². The Bertz CT molecular complexity index is 1260. The van der Waals surface area contributed by atoms with E-state index >= 15 is 0 Å². The van der Waals surface area contributed by atoms with Crippen molar-refractivity contribution in [2.75, 3.05) is 21.3 Å². The number of fused-ring (bicyclic) bond motifs is 1. The second-order valence-corrected chi connectivity index (χ2v) is 6.95. The van der Waals surface area contributed by atoms with E-state index in [9.17, 15) is 0 Å². The molecule has 0 amide bonds. The maximum absolute atomic E-state index is 6.24. The minimum absolute atomic E-state index is 0.605. The van der Waals surface area contributed by atoms with Gasteiger partial charge in [0, 0.05) is 28.1 Å². The lowest BCUT2D eigenvalue weighted by atomic mass is 10.1. The Morgan fingerprint density at radius 1 is 0.767 bits per heavy atom. The molecule has 152 valence electrons. The molecule has 0 N–H and O–H groups in total. The van der Waals surface area contributed by atoms with Crippen molar-refractivity contribution >= 4 is 28.3 Å². The van der Waals surface area contributed by atoms with Crippen molar-refractivity contribution in [2.45, 2.75) is 0 Å². The summed E-state index contributed by atoms with van der Waals surface area (Å²) < 4.78 is 22.2. The highest BCUT2D eigenvalue weighted by Crippen LogP contribution is 2.32. The molecule has 0 aliphatic heterocycles. The maximum atomic E-state index is 6.24. The lowest BCUT2D eigenvalue weighted by Gasteiger charge is -2.09. The van der Waals surface area contributed by atoms with Gasteiger partial charge in [0.15, 0.2) is 0 Å². The lowest BCUT2D eigenvalue weighted by Crippen LogP contribution is -2.03. The SMILES string of the molecule is COc1ccc(-c2cc(=Nc3ccc(OC)cc3OC)c3cc(Cl)ccc3o2)cc1. The van der Waals surface area contributed by atoms with Gasteiger partial charge in [-0.3, -0.25) is 0 Å². The molecule has 1 heterocycles. The summed E-state index contributed by atoms with van der Waals surface area (Å²) in [6.45, 7) is 0. The van der Waals surface area contributed by atoms with E-state index in [4.69, 9.17) is 35.2 Å². The van der Waals surface area contributed by atoms with Crippen LogP contribution in [0.1, 0.15) is 0 Å². The van der Waals surface area contributed by atoms with Crippen LogP contribution in [0, 0.1) is 0 Å². The molecule has 3 aromatic carbocycles. The highest BCUT2D eigenvalue weighted by molar-refractivity contribution is 6.31. The van der Waals surface area contributed by atoms with Crippen LogP contribution in [0.4, 0.5) is 5.69 Å². The molecule has 5 nitrogen and oxygen atoms in total. The number of ether oxygens (including phenoxy) is 3. The summed E-state index contributed by atoms with van der Waals surface area (Å²) in [5.41, 5.74) is 2.26. The lowest BCUT2D eigenvalue weighted by molar-refractivity contribution is 0.395. The van der Waals surface area contributed by atoms with E-state index in [1.165, 1.54) is 0 Å². The molecule has 0 bridgehead atoms. The van der Waals surface area contributed by atoms with Crippen LogP contribution in [0.25, 0.3) is 22.3 Å². The van der Waals surface area contributed by atoms with Crippen molar-refractivity contribution in [3.63, 3.8) is 0 Å². The van der Waals surface area contributed by atoms with Gasteiger partial charge in [-0.05, 0) is 54.6 Å². The van der Waals surface area contributed by atoms with E-state index in [1.807, 2.05) is 54.6 Å². The predicted octanol–water partition coefficient (Wildman–Crippen LogP) is 6.01. The molecule has 0 spiro atoms. The number of nitrogens with zero attached hydrogens (tertiary/aromatic N) is 1. The van der Waals surface area contributed by atoms with Crippen LogP contribution in [0.15, 0.2) is 76.1 Å². The zero-order valence-electron chi connectivity index (χ0n) is 16.8. The monoisotopic (exact) mass is 421 g/mol. The molecule has 0 aliphatic rings. The fourth-order valence-corrected chi connectivity index (χ4v) is 3.31. The first kappa shape index (κ1) is 19.9. The van der Waals surface area contributed by atoms with Crippen LogP contribution in [0.3, 0.4) is 0 Å². The van der Waals surface area contributed by atoms with Gasteiger partial charge < -0.3 is 18.6 Å². The van der Waals surface area contributed by atoms with E-state index < -0.39 is 0 Å². The van der Waals surface area contributed by atoms with E-state index in [1.54, 1.807) is 33.5 Å². The summed E-state index contributed by atoms with van der Waals surface area (Å²) in [4.78, 5) is 4.85. The van der Waals surface area contributed by atoms with Gasteiger partial charge in [0.1, 0.15) is 34.3 Å². The Balaban J connectivity index is 1.95. The summed E-state index contributed by atoms with van der Waals surface area (Å²) in [5, 5.41) is 2.12. The smallest absolute Gasteiger partial charge is 0.148 e. The molecule has 1 aromatic heterocycles. The van der Waals surface area contributed by atoms with Crippen LogP contribution >= 0.6 is 11.6 Å². The van der Waals surface area contributed by atoms with Gasteiger partial charge in [0.25, 0.3) is 0 Å². The van der Waals surface area contributed by atoms with Crippen molar-refractivity contribution in [1.82, 2.24) is 0 Å². The van der Waals surface area contributed by atoms with Crippen LogP contribution in [-0.2, 0) is 0 Å². The highest BCUT2D eigenvalue weighted by atomic mass is 35.5. The molecular weight excluding hydrogens is 402 g/mol. The Hall–Kier alpha value is -3.44. The molecule has 0 unspecified atom stereocenters. The third-order valence-electron chi connectivity index (χ3n) is 4.71. The zero-order chi connectivity index (χ0) is 21.1. The van der Waals surface area contributed by atoms with Crippen molar-refractivity contribution in [3.8, 4) is 28.6 Å². The fourth-order valence-electron chi connectivity index (χ4n) is 3.14. The Kier molecular flexibility index (Phi) is 5.63. The number of halogens is 1. The fraction of sp³-hybridized carbons (Fsp3) is 0.125. The van der Waals surface area contributed by atoms with Crippen molar-refractivity contribution < 1.29 is 18.6 Å². The van der Waals surface area contributed by atoms with E-state index in [-0.39, 0.29) is 0 Å². The predicted molar refractivity (Wildman–Crippen MR) is 118 cm³/mol. The molecule has 0 saturated heterocycles. The first-order valence-corrected chi connectivity index (χ1v) is 9.63. The zero-order valence-corrected chi connectivity index (χ0v) is 17.6. The first-order valence-electron chi connectivity index (χ1n) is 9.26. The third-order valence-corrected chi connectivity index (χ3v) is 4.94. The quantitative estimate of drug-likeness (QED) is 0.396. The molecule has 0 aliphatic carbocycles. The van der Waals surface area contributed by atoms with Crippen LogP contribution < -0.4 is 19.6 Å².